The van der Waals surface area contributed by atoms with E-state index in [2.05, 4.69) is 5.32 Å². The van der Waals surface area contributed by atoms with Crippen LogP contribution in [0.5, 0.6) is 0 Å². The van der Waals surface area contributed by atoms with Gasteiger partial charge in [0, 0.05) is 18.3 Å². The molecule has 2 heterocycles. The quantitative estimate of drug-likeness (QED) is 0.781. The number of fused-ring (bicyclic) bond motifs is 3. The monoisotopic (exact) mass is 270 g/mol. The molecule has 1 fully saturated rings. The number of nitrogens with one attached hydrogen (secondary N) is 1. The number of hydrogen-bond donors (Lipinski definition) is 1. The van der Waals surface area contributed by atoms with Gasteiger partial charge >= 0.3 is 6.18 Å². The third-order valence-corrected chi connectivity index (χ3v) is 3.70. The van der Waals surface area contributed by atoms with Crippen molar-refractivity contribution in [3.8, 4) is 0 Å². The molecular weight excluding hydrogens is 257 g/mol. The van der Waals surface area contributed by atoms with Crippen LogP contribution in [0.3, 0.4) is 0 Å². The Labute approximate surface area is 108 Å². The van der Waals surface area contributed by atoms with E-state index in [1.54, 1.807) is 4.90 Å². The number of nitrogens with zero attached hydrogens (tertiary/aromatic N) is 1. The first-order chi connectivity index (χ1) is 8.97. The number of carbonyl (C=O) groups is 1. The predicted molar refractivity (Wildman–Crippen MR) is 63.9 cm³/mol. The molecule has 102 valence electrons. The maximum atomic E-state index is 12.7. The van der Waals surface area contributed by atoms with E-state index in [1.165, 1.54) is 12.1 Å². The van der Waals surface area contributed by atoms with Gasteiger partial charge in [-0.25, -0.2) is 0 Å². The van der Waals surface area contributed by atoms with Gasteiger partial charge in [-0.1, -0.05) is 0 Å². The lowest BCUT2D eigenvalue weighted by molar-refractivity contribution is -0.137. The molecule has 1 aromatic rings. The van der Waals surface area contributed by atoms with E-state index >= 15 is 0 Å². The number of piperazine rings is 1. The molecule has 0 radical (unpaired) electrons. The Kier molecular flexibility index (Phi) is 2.78. The Bertz CT molecular complexity index is 527. The molecule has 1 unspecified atom stereocenters. The van der Waals surface area contributed by atoms with Crippen LogP contribution in [0.4, 0.5) is 18.9 Å². The van der Waals surface area contributed by atoms with Gasteiger partial charge in [-0.2, -0.15) is 13.2 Å². The van der Waals surface area contributed by atoms with Gasteiger partial charge in [0.05, 0.1) is 12.1 Å². The summed E-state index contributed by atoms with van der Waals surface area (Å²) in [4.78, 5) is 13.6. The second-order valence-electron chi connectivity index (χ2n) is 4.93. The fraction of sp³-hybridized carbons (Fsp3) is 0.462. The van der Waals surface area contributed by atoms with Crippen LogP contribution in [-0.2, 0) is 17.4 Å². The molecular formula is C13H13F3N2O. The zero-order valence-electron chi connectivity index (χ0n) is 10.1. The highest BCUT2D eigenvalue weighted by Gasteiger charge is 2.36. The van der Waals surface area contributed by atoms with E-state index < -0.39 is 11.7 Å². The largest absolute Gasteiger partial charge is 0.416 e. The molecule has 1 amide bonds. The SMILES string of the molecule is O=C1CNCC2CCc3cc(C(F)(F)F)ccc3N12. The smallest absolute Gasteiger partial charge is 0.307 e. The lowest BCUT2D eigenvalue weighted by Crippen LogP contribution is -2.56. The van der Waals surface area contributed by atoms with E-state index in [9.17, 15) is 18.0 Å². The van der Waals surface area contributed by atoms with Crippen molar-refractivity contribution >= 4 is 11.6 Å². The summed E-state index contributed by atoms with van der Waals surface area (Å²) in [6, 6.07) is 3.70. The Morgan fingerprint density at radius 1 is 1.32 bits per heavy atom. The number of anilines is 1. The van der Waals surface area contributed by atoms with Crippen LogP contribution < -0.4 is 10.2 Å². The van der Waals surface area contributed by atoms with Crippen LogP contribution in [0, 0.1) is 0 Å². The minimum absolute atomic E-state index is 0.0606. The van der Waals surface area contributed by atoms with Gasteiger partial charge in [-0.3, -0.25) is 4.79 Å². The minimum atomic E-state index is -4.33. The van der Waals surface area contributed by atoms with Gasteiger partial charge < -0.3 is 10.2 Å². The van der Waals surface area contributed by atoms with E-state index in [4.69, 9.17) is 0 Å². The summed E-state index contributed by atoms with van der Waals surface area (Å²) in [6.07, 6.45) is -3.05. The average Bonchev–Trinajstić information content (AvgIpc) is 2.37. The van der Waals surface area contributed by atoms with Crippen molar-refractivity contribution in [3.63, 3.8) is 0 Å². The maximum absolute atomic E-state index is 12.7. The van der Waals surface area contributed by atoms with E-state index in [1.807, 2.05) is 0 Å². The van der Waals surface area contributed by atoms with Gasteiger partial charge in [0.15, 0.2) is 0 Å². The molecule has 3 rings (SSSR count). The van der Waals surface area contributed by atoms with Gasteiger partial charge in [0.25, 0.3) is 0 Å². The molecule has 19 heavy (non-hydrogen) atoms. The van der Waals surface area contributed by atoms with Crippen LogP contribution in [0.1, 0.15) is 17.5 Å². The van der Waals surface area contributed by atoms with Crippen LogP contribution in [0.15, 0.2) is 18.2 Å². The lowest BCUT2D eigenvalue weighted by atomic mass is 9.93. The highest BCUT2D eigenvalue weighted by Crippen LogP contribution is 2.37. The highest BCUT2D eigenvalue weighted by atomic mass is 19.4. The Balaban J connectivity index is 2.02. The lowest BCUT2D eigenvalue weighted by Gasteiger charge is -2.40. The van der Waals surface area contributed by atoms with Crippen molar-refractivity contribution in [3.05, 3.63) is 29.3 Å². The van der Waals surface area contributed by atoms with E-state index in [0.29, 0.717) is 30.6 Å². The van der Waals surface area contributed by atoms with Crippen LogP contribution in [0.25, 0.3) is 0 Å². The Hall–Kier alpha value is -1.56. The molecule has 2 aliphatic rings. The number of halogens is 3. The molecule has 0 saturated carbocycles. The number of amides is 1. The molecule has 2 aliphatic heterocycles. The normalized spacial score (nSPS) is 23.0. The summed E-state index contributed by atoms with van der Waals surface area (Å²) >= 11 is 0. The average molecular weight is 270 g/mol. The molecule has 0 bridgehead atoms. The minimum Gasteiger partial charge on any atom is -0.307 e. The number of aryl methyl sites for hydroxylation is 1. The van der Waals surface area contributed by atoms with Gasteiger partial charge in [-0.15, -0.1) is 0 Å². The number of rotatable bonds is 0. The van der Waals surface area contributed by atoms with Gasteiger partial charge in [0.2, 0.25) is 5.91 Å². The topological polar surface area (TPSA) is 32.3 Å². The summed E-state index contributed by atoms with van der Waals surface area (Å²) in [5.41, 5.74) is 0.601. The standard InChI is InChI=1S/C13H13F3N2O/c14-13(15,16)9-2-4-11-8(5-9)1-3-10-6-17-7-12(19)18(10)11/h2,4-5,10,17H,1,3,6-7H2. The summed E-state index contributed by atoms with van der Waals surface area (Å²) in [6.45, 7) is 0.948. The van der Waals surface area contributed by atoms with Crippen molar-refractivity contribution in [2.45, 2.75) is 25.1 Å². The zero-order chi connectivity index (χ0) is 13.6. The van der Waals surface area contributed by atoms with Crippen LogP contribution in [-0.4, -0.2) is 25.0 Å². The molecule has 1 aromatic carbocycles. The van der Waals surface area contributed by atoms with Crippen molar-refractivity contribution in [1.82, 2.24) is 5.32 Å². The van der Waals surface area contributed by atoms with Crippen molar-refractivity contribution < 1.29 is 18.0 Å². The van der Waals surface area contributed by atoms with Crippen molar-refractivity contribution in [2.24, 2.45) is 0 Å². The van der Waals surface area contributed by atoms with Crippen LogP contribution >= 0.6 is 0 Å². The first kappa shape index (κ1) is 12.5. The molecule has 6 heteroatoms. The molecule has 0 spiro atoms. The fourth-order valence-corrected chi connectivity index (χ4v) is 2.81. The number of alkyl halides is 3. The van der Waals surface area contributed by atoms with Crippen LogP contribution in [0.2, 0.25) is 0 Å². The third-order valence-electron chi connectivity index (χ3n) is 3.70. The summed E-state index contributed by atoms with van der Waals surface area (Å²) < 4.78 is 38.0. The second kappa shape index (κ2) is 4.23. The number of hydrogen-bond acceptors (Lipinski definition) is 2. The van der Waals surface area contributed by atoms with Gasteiger partial charge in [0.1, 0.15) is 0 Å². The Morgan fingerprint density at radius 3 is 2.84 bits per heavy atom. The van der Waals surface area contributed by atoms with Crippen molar-refractivity contribution in [2.75, 3.05) is 18.0 Å². The molecule has 3 nitrogen and oxygen atoms in total. The first-order valence-electron chi connectivity index (χ1n) is 6.20. The molecule has 0 aliphatic carbocycles. The first-order valence-corrected chi connectivity index (χ1v) is 6.20. The number of benzene rings is 1. The number of carbonyl (C=O) groups excluding carboxylic acids is 1. The maximum Gasteiger partial charge on any atom is 0.416 e. The molecule has 0 aromatic heterocycles. The zero-order valence-corrected chi connectivity index (χ0v) is 10.1. The summed E-state index contributed by atoms with van der Waals surface area (Å²) in [5, 5.41) is 3.03. The fourth-order valence-electron chi connectivity index (χ4n) is 2.81. The van der Waals surface area contributed by atoms with Crippen molar-refractivity contribution in [1.29, 1.82) is 0 Å². The third kappa shape index (κ3) is 2.10. The van der Waals surface area contributed by atoms with E-state index in [-0.39, 0.29) is 18.5 Å². The molecule has 1 atom stereocenters. The summed E-state index contributed by atoms with van der Waals surface area (Å²) in [7, 11) is 0. The molecule has 1 N–H and O–H groups in total. The predicted octanol–water partition coefficient (Wildman–Crippen LogP) is 1.96. The Morgan fingerprint density at radius 2 is 2.11 bits per heavy atom. The van der Waals surface area contributed by atoms with E-state index in [0.717, 1.165) is 6.07 Å². The summed E-state index contributed by atoms with van der Waals surface area (Å²) in [5.74, 6) is -0.0723. The van der Waals surface area contributed by atoms with Gasteiger partial charge in [-0.05, 0) is 36.6 Å². The second-order valence-corrected chi connectivity index (χ2v) is 4.93. The highest BCUT2D eigenvalue weighted by molar-refractivity contribution is 5.97. The molecule has 1 saturated heterocycles.